The quantitative estimate of drug-likeness (QED) is 0.255. The number of carbonyl (C=O) groups excluding carboxylic acids is 2. The molecule has 1 aliphatic rings. The first-order valence-electron chi connectivity index (χ1n) is 6.77. The van der Waals surface area contributed by atoms with Gasteiger partial charge in [0.15, 0.2) is 0 Å². The minimum absolute atomic E-state index is 0.120. The number of halogens is 1. The van der Waals surface area contributed by atoms with Gasteiger partial charge in [0.05, 0.1) is 16.2 Å². The van der Waals surface area contributed by atoms with Crippen molar-refractivity contribution < 1.29 is 14.5 Å². The van der Waals surface area contributed by atoms with E-state index in [9.17, 15) is 19.7 Å². The van der Waals surface area contributed by atoms with Crippen molar-refractivity contribution in [2.45, 2.75) is 25.7 Å². The number of benzene rings is 1. The Bertz CT molecular complexity index is 588. The highest BCUT2D eigenvalue weighted by molar-refractivity contribution is 6.52. The van der Waals surface area contributed by atoms with E-state index in [4.69, 9.17) is 11.6 Å². The van der Waals surface area contributed by atoms with Gasteiger partial charge in [0.2, 0.25) is 0 Å². The second-order valence-electron chi connectivity index (χ2n) is 4.85. The summed E-state index contributed by atoms with van der Waals surface area (Å²) in [5.74, 6) is -0.662. The molecule has 1 aromatic carbocycles. The first-order valence-corrected chi connectivity index (χ1v) is 7.30. The molecule has 0 bridgehead atoms. The highest BCUT2D eigenvalue weighted by atomic mass is 35.5. The van der Waals surface area contributed by atoms with E-state index in [1.54, 1.807) is 0 Å². The minimum atomic E-state index is -0.672. The van der Waals surface area contributed by atoms with Gasteiger partial charge in [0.1, 0.15) is 0 Å². The molecule has 0 saturated heterocycles. The van der Waals surface area contributed by atoms with Crippen LogP contribution in [0.15, 0.2) is 18.2 Å². The van der Waals surface area contributed by atoms with E-state index in [1.807, 2.05) is 0 Å². The predicted octanol–water partition coefficient (Wildman–Crippen LogP) is 2.92. The van der Waals surface area contributed by atoms with Crippen molar-refractivity contribution in [2.24, 2.45) is 0 Å². The standard InChI is InChI=1S/C14H15ClN2O4/c15-7-3-1-2-4-8-16-12-6-5-10(17(20)21)9-11(12)13(18)14(16)19/h5-6,9H,1-4,7-8H2. The molecule has 0 spiro atoms. The first-order chi connectivity index (χ1) is 10.1. The lowest BCUT2D eigenvalue weighted by molar-refractivity contribution is -0.384. The maximum atomic E-state index is 11.9. The van der Waals surface area contributed by atoms with Crippen LogP contribution >= 0.6 is 11.6 Å². The number of Topliss-reactive ketones (excluding diaryl/α,β-unsaturated/α-hetero) is 1. The van der Waals surface area contributed by atoms with Gasteiger partial charge in [-0.2, -0.15) is 0 Å². The molecular formula is C14H15ClN2O4. The van der Waals surface area contributed by atoms with Crippen LogP contribution in [0.5, 0.6) is 0 Å². The number of nitro benzene ring substituents is 1. The van der Waals surface area contributed by atoms with Crippen molar-refractivity contribution in [2.75, 3.05) is 17.3 Å². The molecule has 0 saturated carbocycles. The third-order valence-corrected chi connectivity index (χ3v) is 3.70. The van der Waals surface area contributed by atoms with Gasteiger partial charge in [0.25, 0.3) is 17.4 Å². The fraction of sp³-hybridized carbons (Fsp3) is 0.429. The Morgan fingerprint density at radius 2 is 1.86 bits per heavy atom. The molecule has 0 unspecified atom stereocenters. The molecule has 0 aromatic heterocycles. The summed E-state index contributed by atoms with van der Waals surface area (Å²) >= 11 is 5.59. The summed E-state index contributed by atoms with van der Waals surface area (Å²) in [5.41, 5.74) is 0.404. The third-order valence-electron chi connectivity index (χ3n) is 3.43. The molecular weight excluding hydrogens is 296 g/mol. The van der Waals surface area contributed by atoms with E-state index >= 15 is 0 Å². The molecule has 6 nitrogen and oxygen atoms in total. The van der Waals surface area contributed by atoms with Gasteiger partial charge in [-0.15, -0.1) is 11.6 Å². The lowest BCUT2D eigenvalue weighted by atomic mass is 10.1. The van der Waals surface area contributed by atoms with Gasteiger partial charge in [-0.05, 0) is 18.9 Å². The molecule has 1 heterocycles. The van der Waals surface area contributed by atoms with Crippen LogP contribution in [0.4, 0.5) is 11.4 Å². The van der Waals surface area contributed by atoms with Gasteiger partial charge < -0.3 is 4.90 Å². The average Bonchev–Trinajstić information content (AvgIpc) is 2.71. The Balaban J connectivity index is 2.10. The number of carbonyl (C=O) groups is 2. The zero-order chi connectivity index (χ0) is 15.4. The number of anilines is 1. The molecule has 0 N–H and O–H groups in total. The number of ketones is 1. The summed E-state index contributed by atoms with van der Waals surface area (Å²) in [4.78, 5) is 35.4. The molecule has 0 fully saturated rings. The monoisotopic (exact) mass is 310 g/mol. The molecule has 0 atom stereocenters. The summed E-state index contributed by atoms with van der Waals surface area (Å²) in [5, 5.41) is 10.7. The molecule has 21 heavy (non-hydrogen) atoms. The molecule has 0 aliphatic carbocycles. The first kappa shape index (κ1) is 15.4. The fourth-order valence-electron chi connectivity index (χ4n) is 2.34. The van der Waals surface area contributed by atoms with E-state index < -0.39 is 16.6 Å². The molecule has 1 amide bonds. The van der Waals surface area contributed by atoms with Gasteiger partial charge in [-0.1, -0.05) is 12.8 Å². The molecule has 0 radical (unpaired) electrons. The Morgan fingerprint density at radius 1 is 1.14 bits per heavy atom. The Kier molecular flexibility index (Phi) is 4.90. The van der Waals surface area contributed by atoms with Crippen LogP contribution in [0, 0.1) is 10.1 Å². The Morgan fingerprint density at radius 3 is 2.52 bits per heavy atom. The summed E-state index contributed by atoms with van der Waals surface area (Å²) < 4.78 is 0. The van der Waals surface area contributed by atoms with Gasteiger partial charge in [-0.3, -0.25) is 19.7 Å². The van der Waals surface area contributed by atoms with Crippen LogP contribution < -0.4 is 4.90 Å². The SMILES string of the molecule is O=C1C(=O)N(CCCCCCCl)c2ccc([N+](=O)[O-])cc21. The molecule has 112 valence electrons. The van der Waals surface area contributed by atoms with E-state index in [2.05, 4.69) is 0 Å². The zero-order valence-corrected chi connectivity index (χ0v) is 12.1. The maximum absolute atomic E-state index is 11.9. The average molecular weight is 311 g/mol. The van der Waals surface area contributed by atoms with Crippen molar-refractivity contribution in [3.63, 3.8) is 0 Å². The van der Waals surface area contributed by atoms with E-state index in [1.165, 1.54) is 23.1 Å². The number of hydrogen-bond acceptors (Lipinski definition) is 4. The van der Waals surface area contributed by atoms with Crippen molar-refractivity contribution in [1.82, 2.24) is 0 Å². The predicted molar refractivity (Wildman–Crippen MR) is 79.0 cm³/mol. The lowest BCUT2D eigenvalue weighted by Crippen LogP contribution is -2.30. The second-order valence-corrected chi connectivity index (χ2v) is 5.23. The highest BCUT2D eigenvalue weighted by Gasteiger charge is 2.36. The number of non-ortho nitro benzene ring substituents is 1. The van der Waals surface area contributed by atoms with Gasteiger partial charge in [0, 0.05) is 24.6 Å². The number of alkyl halides is 1. The number of unbranched alkanes of at least 4 members (excludes halogenated alkanes) is 3. The van der Waals surface area contributed by atoms with Crippen LogP contribution in [-0.2, 0) is 4.79 Å². The minimum Gasteiger partial charge on any atom is -0.305 e. The van der Waals surface area contributed by atoms with Crippen molar-refractivity contribution >= 4 is 34.7 Å². The summed E-state index contributed by atoms with van der Waals surface area (Å²) in [6.07, 6.45) is 3.60. The maximum Gasteiger partial charge on any atom is 0.299 e. The number of nitrogens with zero attached hydrogens (tertiary/aromatic N) is 2. The van der Waals surface area contributed by atoms with Gasteiger partial charge >= 0.3 is 0 Å². The number of fused-ring (bicyclic) bond motifs is 1. The smallest absolute Gasteiger partial charge is 0.299 e. The number of hydrogen-bond donors (Lipinski definition) is 0. The van der Waals surface area contributed by atoms with Crippen LogP contribution in [0.25, 0.3) is 0 Å². The topological polar surface area (TPSA) is 80.5 Å². The van der Waals surface area contributed by atoms with Crippen LogP contribution in [0.3, 0.4) is 0 Å². The fourth-order valence-corrected chi connectivity index (χ4v) is 2.53. The Hall–Kier alpha value is -1.95. The number of amides is 1. The summed E-state index contributed by atoms with van der Waals surface area (Å²) in [6, 6.07) is 3.95. The number of rotatable bonds is 7. The molecule has 1 aromatic rings. The molecule has 7 heteroatoms. The van der Waals surface area contributed by atoms with E-state index in [0.29, 0.717) is 18.1 Å². The van der Waals surface area contributed by atoms with Crippen LogP contribution in [0.2, 0.25) is 0 Å². The molecule has 2 rings (SSSR count). The van der Waals surface area contributed by atoms with Crippen molar-refractivity contribution in [1.29, 1.82) is 0 Å². The number of nitro groups is 1. The normalized spacial score (nSPS) is 13.7. The van der Waals surface area contributed by atoms with Crippen LogP contribution in [0.1, 0.15) is 36.0 Å². The highest BCUT2D eigenvalue weighted by Crippen LogP contribution is 2.32. The zero-order valence-electron chi connectivity index (χ0n) is 11.4. The van der Waals surface area contributed by atoms with Crippen LogP contribution in [-0.4, -0.2) is 29.0 Å². The summed E-state index contributed by atoms with van der Waals surface area (Å²) in [7, 11) is 0. The lowest BCUT2D eigenvalue weighted by Gasteiger charge is -2.16. The van der Waals surface area contributed by atoms with Crippen molar-refractivity contribution in [3.8, 4) is 0 Å². The third kappa shape index (κ3) is 3.21. The second kappa shape index (κ2) is 6.67. The summed E-state index contributed by atoms with van der Waals surface area (Å²) in [6.45, 7) is 0.442. The van der Waals surface area contributed by atoms with E-state index in [-0.39, 0.29) is 11.3 Å². The van der Waals surface area contributed by atoms with Crippen molar-refractivity contribution in [3.05, 3.63) is 33.9 Å². The van der Waals surface area contributed by atoms with E-state index in [0.717, 1.165) is 25.7 Å². The largest absolute Gasteiger partial charge is 0.305 e. The Labute approximate surface area is 126 Å². The van der Waals surface area contributed by atoms with Gasteiger partial charge in [-0.25, -0.2) is 0 Å². The molecule has 1 aliphatic heterocycles.